The van der Waals surface area contributed by atoms with Gasteiger partial charge in [0.25, 0.3) is 5.69 Å². The summed E-state index contributed by atoms with van der Waals surface area (Å²) in [4.78, 5) is 35.4. The van der Waals surface area contributed by atoms with Gasteiger partial charge in [-0.2, -0.15) is 0 Å². The van der Waals surface area contributed by atoms with Crippen molar-refractivity contribution >= 4 is 34.5 Å². The van der Waals surface area contributed by atoms with Crippen molar-refractivity contribution in [3.63, 3.8) is 0 Å². The molecule has 0 saturated carbocycles. The summed E-state index contributed by atoms with van der Waals surface area (Å²) in [6.45, 7) is 2.91. The number of carbonyl (C=O) groups excluding carboxylic acids is 1. The second kappa shape index (κ2) is 9.42. The zero-order valence-electron chi connectivity index (χ0n) is 15.9. The third kappa shape index (κ3) is 5.47. The monoisotopic (exact) mass is 415 g/mol. The van der Waals surface area contributed by atoms with Crippen molar-refractivity contribution in [3.05, 3.63) is 68.7 Å². The van der Waals surface area contributed by atoms with Crippen molar-refractivity contribution in [2.45, 2.75) is 31.2 Å². The Morgan fingerprint density at radius 3 is 2.72 bits per heavy atom. The van der Waals surface area contributed by atoms with E-state index in [0.29, 0.717) is 25.0 Å². The van der Waals surface area contributed by atoms with Gasteiger partial charge in [-0.25, -0.2) is 4.79 Å². The third-order valence-corrected chi connectivity index (χ3v) is 5.38. The Hall–Kier alpha value is -3.07. The zero-order valence-corrected chi connectivity index (χ0v) is 16.7. The summed E-state index contributed by atoms with van der Waals surface area (Å²) in [5.41, 5.74) is 1.73. The maximum atomic E-state index is 12.0. The lowest BCUT2D eigenvalue weighted by molar-refractivity contribution is -0.384. The first-order valence-electron chi connectivity index (χ1n) is 9.18. The van der Waals surface area contributed by atoms with E-state index in [9.17, 15) is 19.7 Å². The van der Waals surface area contributed by atoms with Gasteiger partial charge in [-0.15, -0.1) is 11.8 Å². The van der Waals surface area contributed by atoms with E-state index in [1.54, 1.807) is 11.8 Å². The molecule has 9 heteroatoms. The third-order valence-electron chi connectivity index (χ3n) is 4.36. The molecule has 0 saturated heterocycles. The number of aryl methyl sites for hydroxylation is 2. The number of aromatic nitrogens is 1. The van der Waals surface area contributed by atoms with E-state index < -0.39 is 10.7 Å². The highest BCUT2D eigenvalue weighted by molar-refractivity contribution is 7.99. The molecular formula is C20H21N3O5S. The largest absolute Gasteiger partial charge is 0.419 e. The molecule has 0 radical (unpaired) electrons. The lowest BCUT2D eigenvalue weighted by atomic mass is 10.2. The van der Waals surface area contributed by atoms with Crippen LogP contribution in [0.5, 0.6) is 0 Å². The van der Waals surface area contributed by atoms with E-state index in [2.05, 4.69) is 29.6 Å². The molecule has 3 rings (SSSR count). The number of nitrogens with one attached hydrogen (secondary N) is 1. The van der Waals surface area contributed by atoms with Crippen LogP contribution >= 0.6 is 11.8 Å². The molecule has 1 N–H and O–H groups in total. The molecule has 0 aliphatic rings. The molecule has 0 aliphatic heterocycles. The van der Waals surface area contributed by atoms with Gasteiger partial charge in [-0.3, -0.25) is 19.5 Å². The van der Waals surface area contributed by atoms with Crippen LogP contribution in [0.25, 0.3) is 11.1 Å². The van der Waals surface area contributed by atoms with E-state index in [1.165, 1.54) is 28.3 Å². The lowest BCUT2D eigenvalue weighted by Crippen LogP contribution is -2.26. The van der Waals surface area contributed by atoms with Crippen molar-refractivity contribution in [2.75, 3.05) is 12.3 Å². The Balaban J connectivity index is 1.44. The summed E-state index contributed by atoms with van der Waals surface area (Å²) >= 11 is 1.68. The molecule has 152 valence electrons. The molecule has 0 bridgehead atoms. The number of hydrogen-bond acceptors (Lipinski definition) is 6. The van der Waals surface area contributed by atoms with Crippen LogP contribution in [0.4, 0.5) is 5.69 Å². The van der Waals surface area contributed by atoms with Gasteiger partial charge in [0.2, 0.25) is 5.91 Å². The molecule has 0 unspecified atom stereocenters. The van der Waals surface area contributed by atoms with Crippen molar-refractivity contribution < 1.29 is 14.1 Å². The Morgan fingerprint density at radius 2 is 2.00 bits per heavy atom. The van der Waals surface area contributed by atoms with Crippen LogP contribution in [-0.2, 0) is 11.3 Å². The SMILES string of the molecule is Cc1ccc(SCCNC(=O)CCCn2c(=O)oc3cc([N+](=O)[O-])ccc32)cc1. The maximum absolute atomic E-state index is 12.0. The van der Waals surface area contributed by atoms with Gasteiger partial charge in [-0.1, -0.05) is 17.7 Å². The van der Waals surface area contributed by atoms with Crippen LogP contribution in [0.3, 0.4) is 0 Å². The first kappa shape index (κ1) is 20.7. The fourth-order valence-electron chi connectivity index (χ4n) is 2.86. The highest BCUT2D eigenvalue weighted by Gasteiger charge is 2.14. The predicted octanol–water partition coefficient (Wildman–Crippen LogP) is 3.50. The van der Waals surface area contributed by atoms with Gasteiger partial charge in [-0.05, 0) is 31.5 Å². The predicted molar refractivity (Wildman–Crippen MR) is 111 cm³/mol. The average molecular weight is 415 g/mol. The molecule has 0 aliphatic carbocycles. The normalized spacial score (nSPS) is 10.9. The molecule has 1 amide bonds. The average Bonchev–Trinajstić information content (AvgIpc) is 3.01. The fourth-order valence-corrected chi connectivity index (χ4v) is 3.63. The number of carbonyl (C=O) groups is 1. The Labute approximate surface area is 171 Å². The summed E-state index contributed by atoms with van der Waals surface area (Å²) in [6, 6.07) is 12.3. The lowest BCUT2D eigenvalue weighted by Gasteiger charge is -2.06. The Morgan fingerprint density at radius 1 is 1.24 bits per heavy atom. The van der Waals surface area contributed by atoms with Gasteiger partial charge >= 0.3 is 5.76 Å². The first-order valence-corrected chi connectivity index (χ1v) is 10.2. The number of amides is 1. The van der Waals surface area contributed by atoms with E-state index in [1.807, 2.05) is 6.92 Å². The summed E-state index contributed by atoms with van der Waals surface area (Å²) in [7, 11) is 0. The van der Waals surface area contributed by atoms with Crippen molar-refractivity contribution in [1.82, 2.24) is 9.88 Å². The van der Waals surface area contributed by atoms with E-state index in [-0.39, 0.29) is 23.6 Å². The van der Waals surface area contributed by atoms with Crippen molar-refractivity contribution in [3.8, 4) is 0 Å². The number of hydrogen-bond donors (Lipinski definition) is 1. The number of thioether (sulfide) groups is 1. The molecule has 0 fully saturated rings. The molecule has 1 aromatic heterocycles. The molecule has 2 aromatic carbocycles. The van der Waals surface area contributed by atoms with Crippen LogP contribution in [-0.4, -0.2) is 27.7 Å². The number of nitro groups is 1. The first-order chi connectivity index (χ1) is 13.9. The minimum atomic E-state index is -0.588. The van der Waals surface area contributed by atoms with E-state index in [0.717, 1.165) is 10.6 Å². The number of rotatable bonds is 9. The van der Waals surface area contributed by atoms with Crippen LogP contribution < -0.4 is 11.1 Å². The topological polar surface area (TPSA) is 107 Å². The van der Waals surface area contributed by atoms with Gasteiger partial charge in [0.1, 0.15) is 0 Å². The second-order valence-corrected chi connectivity index (χ2v) is 7.71. The minimum Gasteiger partial charge on any atom is -0.407 e. The maximum Gasteiger partial charge on any atom is 0.419 e. The Kier molecular flexibility index (Phi) is 6.71. The highest BCUT2D eigenvalue weighted by atomic mass is 32.2. The number of fused-ring (bicyclic) bond motifs is 1. The van der Waals surface area contributed by atoms with E-state index in [4.69, 9.17) is 4.42 Å². The summed E-state index contributed by atoms with van der Waals surface area (Å²) in [5, 5.41) is 13.7. The number of non-ortho nitro benzene ring substituents is 1. The van der Waals surface area contributed by atoms with Crippen LogP contribution in [0.15, 0.2) is 56.6 Å². The van der Waals surface area contributed by atoms with Gasteiger partial charge in [0.05, 0.1) is 16.5 Å². The van der Waals surface area contributed by atoms with Gasteiger partial charge in [0.15, 0.2) is 5.58 Å². The molecular weight excluding hydrogens is 394 g/mol. The van der Waals surface area contributed by atoms with Crippen LogP contribution in [0.1, 0.15) is 18.4 Å². The standard InChI is InChI=1S/C20H21N3O5S/c1-14-4-7-16(8-5-14)29-12-10-21-19(24)3-2-11-22-17-9-6-15(23(26)27)13-18(17)28-20(22)25/h4-9,13H,2-3,10-12H2,1H3,(H,21,24). The molecule has 29 heavy (non-hydrogen) atoms. The minimum absolute atomic E-state index is 0.0778. The fraction of sp³-hybridized carbons (Fsp3) is 0.300. The smallest absolute Gasteiger partial charge is 0.407 e. The number of nitro benzene ring substituents is 1. The number of benzene rings is 2. The van der Waals surface area contributed by atoms with Crippen molar-refractivity contribution in [2.24, 2.45) is 0 Å². The quantitative estimate of drug-likeness (QED) is 0.248. The zero-order chi connectivity index (χ0) is 20.8. The number of oxazole rings is 1. The van der Waals surface area contributed by atoms with Gasteiger partial charge in [0, 0.05) is 36.2 Å². The van der Waals surface area contributed by atoms with Crippen molar-refractivity contribution in [1.29, 1.82) is 0 Å². The van der Waals surface area contributed by atoms with Crippen LogP contribution in [0, 0.1) is 17.0 Å². The highest BCUT2D eigenvalue weighted by Crippen LogP contribution is 2.20. The molecule has 0 spiro atoms. The summed E-state index contributed by atoms with van der Waals surface area (Å²) < 4.78 is 6.46. The molecule has 8 nitrogen and oxygen atoms in total. The second-order valence-electron chi connectivity index (χ2n) is 6.54. The van der Waals surface area contributed by atoms with E-state index >= 15 is 0 Å². The van der Waals surface area contributed by atoms with Gasteiger partial charge < -0.3 is 9.73 Å². The molecule has 0 atom stereocenters. The summed E-state index contributed by atoms with van der Waals surface area (Å²) in [5.74, 6) is 0.112. The van der Waals surface area contributed by atoms with Crippen LogP contribution in [0.2, 0.25) is 0 Å². The summed E-state index contributed by atoms with van der Waals surface area (Å²) in [6.07, 6.45) is 0.740. The number of nitrogens with zero attached hydrogens (tertiary/aromatic N) is 2. The Bertz CT molecular complexity index is 1070. The molecule has 1 heterocycles. The molecule has 3 aromatic rings.